The van der Waals surface area contributed by atoms with Gasteiger partial charge in [-0.15, -0.1) is 0 Å². The summed E-state index contributed by atoms with van der Waals surface area (Å²) in [5.41, 5.74) is 5.31. The number of hydrogen-bond acceptors (Lipinski definition) is 6. The Morgan fingerprint density at radius 3 is 2.28 bits per heavy atom. The second kappa shape index (κ2) is 11.3. The van der Waals surface area contributed by atoms with Crippen molar-refractivity contribution in [3.05, 3.63) is 0 Å². The van der Waals surface area contributed by atoms with Crippen molar-refractivity contribution in [1.82, 2.24) is 15.5 Å². The Bertz CT molecular complexity index is 638. The minimum absolute atomic E-state index is 0.101. The van der Waals surface area contributed by atoms with Crippen LogP contribution in [0.15, 0.2) is 0 Å². The van der Waals surface area contributed by atoms with Crippen LogP contribution in [0, 0.1) is 5.92 Å². The molecule has 3 amide bonds. The van der Waals surface area contributed by atoms with Crippen molar-refractivity contribution < 1.29 is 34.2 Å². The molecule has 0 aromatic rings. The van der Waals surface area contributed by atoms with Crippen molar-refractivity contribution in [3.63, 3.8) is 0 Å². The maximum atomic E-state index is 13.0. The molecule has 1 saturated heterocycles. The third kappa shape index (κ3) is 7.68. The van der Waals surface area contributed by atoms with E-state index in [9.17, 15) is 29.1 Å². The van der Waals surface area contributed by atoms with Gasteiger partial charge in [0.05, 0.1) is 6.54 Å². The van der Waals surface area contributed by atoms with E-state index in [2.05, 4.69) is 10.6 Å². The van der Waals surface area contributed by atoms with Crippen LogP contribution in [0.5, 0.6) is 0 Å². The van der Waals surface area contributed by atoms with Crippen LogP contribution in [0.4, 0.5) is 0 Å². The average molecular weight is 414 g/mol. The van der Waals surface area contributed by atoms with Crippen LogP contribution in [-0.2, 0) is 24.0 Å². The Morgan fingerprint density at radius 1 is 1.10 bits per heavy atom. The minimum Gasteiger partial charge on any atom is -0.481 e. The number of aliphatic carboxylic acids is 2. The lowest BCUT2D eigenvalue weighted by Crippen LogP contribution is -2.56. The molecule has 11 heteroatoms. The fourth-order valence-electron chi connectivity index (χ4n) is 3.24. The van der Waals surface area contributed by atoms with Gasteiger partial charge >= 0.3 is 11.9 Å². The van der Waals surface area contributed by atoms with Gasteiger partial charge in [0.2, 0.25) is 17.7 Å². The molecule has 29 heavy (non-hydrogen) atoms. The maximum Gasteiger partial charge on any atom is 0.326 e. The molecule has 1 aliphatic rings. The van der Waals surface area contributed by atoms with E-state index < -0.39 is 54.2 Å². The van der Waals surface area contributed by atoms with Crippen LogP contribution in [0.1, 0.15) is 46.0 Å². The van der Waals surface area contributed by atoms with Gasteiger partial charge in [-0.1, -0.05) is 13.8 Å². The summed E-state index contributed by atoms with van der Waals surface area (Å²) in [6, 6.07) is -3.07. The number of likely N-dealkylation sites (tertiary alicyclic amines) is 1. The van der Waals surface area contributed by atoms with Gasteiger partial charge in [0.1, 0.15) is 18.1 Å². The number of carboxylic acids is 2. The first-order valence-corrected chi connectivity index (χ1v) is 9.61. The number of nitrogens with two attached hydrogens (primary N) is 1. The highest BCUT2D eigenvalue weighted by Crippen LogP contribution is 2.21. The Kier molecular flexibility index (Phi) is 9.53. The highest BCUT2D eigenvalue weighted by Gasteiger charge is 2.38. The van der Waals surface area contributed by atoms with Crippen LogP contribution in [0.25, 0.3) is 0 Å². The minimum atomic E-state index is -1.36. The second-order valence-corrected chi connectivity index (χ2v) is 7.48. The first kappa shape index (κ1) is 24.3. The van der Waals surface area contributed by atoms with Crippen LogP contribution in [-0.4, -0.2) is 76.0 Å². The molecular formula is C18H30N4O7. The topological polar surface area (TPSA) is 179 Å². The van der Waals surface area contributed by atoms with Crippen molar-refractivity contribution in [3.8, 4) is 0 Å². The number of nitrogens with one attached hydrogen (secondary N) is 2. The lowest BCUT2D eigenvalue weighted by atomic mass is 10.0. The quantitative estimate of drug-likeness (QED) is 0.283. The second-order valence-electron chi connectivity index (χ2n) is 7.48. The summed E-state index contributed by atoms with van der Waals surface area (Å²) in [6.45, 7) is 3.82. The number of hydrogen-bond donors (Lipinski definition) is 5. The smallest absolute Gasteiger partial charge is 0.326 e. The molecule has 164 valence electrons. The summed E-state index contributed by atoms with van der Waals surface area (Å²) < 4.78 is 0. The third-order valence-electron chi connectivity index (χ3n) is 4.63. The third-order valence-corrected chi connectivity index (χ3v) is 4.63. The molecule has 1 rings (SSSR count). The summed E-state index contributed by atoms with van der Waals surface area (Å²) in [5, 5.41) is 22.9. The van der Waals surface area contributed by atoms with Gasteiger partial charge in [-0.3, -0.25) is 19.2 Å². The number of carbonyl (C=O) groups excluding carboxylic acids is 3. The van der Waals surface area contributed by atoms with Gasteiger partial charge in [0, 0.05) is 13.0 Å². The van der Waals surface area contributed by atoms with Gasteiger partial charge < -0.3 is 31.5 Å². The predicted octanol–water partition coefficient (Wildman–Crippen LogP) is -1.10. The van der Waals surface area contributed by atoms with Gasteiger partial charge in [0.15, 0.2) is 0 Å². The predicted molar refractivity (Wildman–Crippen MR) is 102 cm³/mol. The van der Waals surface area contributed by atoms with Crippen LogP contribution in [0.3, 0.4) is 0 Å². The zero-order valence-electron chi connectivity index (χ0n) is 16.7. The van der Waals surface area contributed by atoms with Crippen molar-refractivity contribution >= 4 is 29.7 Å². The summed E-state index contributed by atoms with van der Waals surface area (Å²) in [5.74, 6) is -3.97. The molecule has 0 saturated carbocycles. The van der Waals surface area contributed by atoms with Crippen LogP contribution >= 0.6 is 0 Å². The van der Waals surface area contributed by atoms with Gasteiger partial charge in [-0.05, 0) is 31.6 Å². The molecule has 1 aliphatic heterocycles. The van der Waals surface area contributed by atoms with Crippen molar-refractivity contribution in [2.24, 2.45) is 11.7 Å². The maximum absolute atomic E-state index is 13.0. The Hall–Kier alpha value is -2.69. The summed E-state index contributed by atoms with van der Waals surface area (Å²) in [6.07, 6.45) is 0.593. The molecule has 0 aliphatic carbocycles. The van der Waals surface area contributed by atoms with Gasteiger partial charge in [-0.25, -0.2) is 4.79 Å². The largest absolute Gasteiger partial charge is 0.481 e. The Balaban J connectivity index is 2.88. The number of carboxylic acid groups (broad SMARTS) is 2. The fraction of sp³-hybridized carbons (Fsp3) is 0.722. The van der Waals surface area contributed by atoms with E-state index in [-0.39, 0.29) is 18.9 Å². The van der Waals surface area contributed by atoms with Crippen LogP contribution < -0.4 is 16.4 Å². The highest BCUT2D eigenvalue weighted by atomic mass is 16.4. The normalized spacial score (nSPS) is 18.2. The zero-order chi connectivity index (χ0) is 22.1. The number of amides is 3. The molecule has 1 heterocycles. The summed E-state index contributed by atoms with van der Waals surface area (Å²) >= 11 is 0. The summed E-state index contributed by atoms with van der Waals surface area (Å²) in [4.78, 5) is 60.6. The first-order chi connectivity index (χ1) is 13.6. The lowest BCUT2D eigenvalue weighted by Gasteiger charge is -2.30. The van der Waals surface area contributed by atoms with Crippen molar-refractivity contribution in [2.45, 2.75) is 64.1 Å². The molecule has 3 unspecified atom stereocenters. The van der Waals surface area contributed by atoms with Gasteiger partial charge in [0.25, 0.3) is 0 Å². The molecule has 0 spiro atoms. The molecule has 0 radical (unpaired) electrons. The average Bonchev–Trinajstić information content (AvgIpc) is 3.12. The molecule has 0 aromatic heterocycles. The Labute approximate surface area is 169 Å². The van der Waals surface area contributed by atoms with E-state index in [0.29, 0.717) is 25.8 Å². The first-order valence-electron chi connectivity index (χ1n) is 9.61. The number of nitrogens with zero attached hydrogens (tertiary/aromatic N) is 1. The van der Waals surface area contributed by atoms with E-state index in [1.807, 2.05) is 13.8 Å². The van der Waals surface area contributed by atoms with E-state index in [1.54, 1.807) is 0 Å². The van der Waals surface area contributed by atoms with E-state index >= 15 is 0 Å². The van der Waals surface area contributed by atoms with E-state index in [1.165, 1.54) is 4.90 Å². The van der Waals surface area contributed by atoms with E-state index in [0.717, 1.165) is 0 Å². The SMILES string of the molecule is CC(C)CC(NC(=O)CN)C(=O)N1CCCC1C(=O)NC(CCC(=O)O)C(=O)O. The van der Waals surface area contributed by atoms with Crippen molar-refractivity contribution in [1.29, 1.82) is 0 Å². The lowest BCUT2D eigenvalue weighted by molar-refractivity contribution is -0.145. The zero-order valence-corrected chi connectivity index (χ0v) is 16.7. The van der Waals surface area contributed by atoms with E-state index in [4.69, 9.17) is 10.8 Å². The van der Waals surface area contributed by atoms with Gasteiger partial charge in [-0.2, -0.15) is 0 Å². The highest BCUT2D eigenvalue weighted by molar-refractivity contribution is 5.94. The Morgan fingerprint density at radius 2 is 1.76 bits per heavy atom. The number of rotatable bonds is 11. The summed E-state index contributed by atoms with van der Waals surface area (Å²) in [7, 11) is 0. The molecule has 11 nitrogen and oxygen atoms in total. The molecule has 6 N–H and O–H groups in total. The van der Waals surface area contributed by atoms with Crippen LogP contribution in [0.2, 0.25) is 0 Å². The fourth-order valence-corrected chi connectivity index (χ4v) is 3.24. The standard InChI is InChI=1S/C18H30N4O7/c1-10(2)8-12(20-14(23)9-19)17(27)22-7-3-4-13(22)16(26)21-11(18(28)29)5-6-15(24)25/h10-13H,3-9,19H2,1-2H3,(H,20,23)(H,21,26)(H,24,25)(H,28,29). The monoisotopic (exact) mass is 414 g/mol. The molecule has 0 aromatic carbocycles. The molecule has 3 atom stereocenters. The molecule has 0 bridgehead atoms. The van der Waals surface area contributed by atoms with Crippen molar-refractivity contribution in [2.75, 3.05) is 13.1 Å². The molecular weight excluding hydrogens is 384 g/mol. The number of carbonyl (C=O) groups is 5. The molecule has 1 fully saturated rings.